The second kappa shape index (κ2) is 9.41. The molecule has 0 radical (unpaired) electrons. The fourth-order valence-corrected chi connectivity index (χ4v) is 2.79. The van der Waals surface area contributed by atoms with Crippen molar-refractivity contribution < 1.29 is 9.53 Å². The van der Waals surface area contributed by atoms with Crippen LogP contribution >= 0.6 is 12.2 Å². The summed E-state index contributed by atoms with van der Waals surface area (Å²) < 4.78 is 5.56. The van der Waals surface area contributed by atoms with Crippen LogP contribution in [-0.2, 0) is 4.79 Å². The summed E-state index contributed by atoms with van der Waals surface area (Å²) in [5, 5.41) is 3.30. The smallest absolute Gasteiger partial charge is 0.226 e. The molecular weight excluding hydrogens is 296 g/mol. The third kappa shape index (κ3) is 6.43. The number of hydrogen-bond acceptors (Lipinski definition) is 3. The molecule has 0 saturated heterocycles. The quantitative estimate of drug-likeness (QED) is 0.617. The third-order valence-corrected chi connectivity index (χ3v) is 3.47. The van der Waals surface area contributed by atoms with Gasteiger partial charge < -0.3 is 15.0 Å². The molecule has 22 heavy (non-hydrogen) atoms. The number of carbonyl (C=O) groups is 1. The highest BCUT2D eigenvalue weighted by Crippen LogP contribution is 2.09. The van der Waals surface area contributed by atoms with Crippen molar-refractivity contribution >= 4 is 23.2 Å². The summed E-state index contributed by atoms with van der Waals surface area (Å²) in [6.45, 7) is 8.76. The minimum atomic E-state index is -0.0621. The molecule has 0 atom stereocenters. The van der Waals surface area contributed by atoms with Crippen LogP contribution in [0.4, 0.5) is 0 Å². The predicted molar refractivity (Wildman–Crippen MR) is 94.0 cm³/mol. The van der Waals surface area contributed by atoms with Crippen molar-refractivity contribution in [1.29, 1.82) is 0 Å². The molecule has 0 heterocycles. The van der Waals surface area contributed by atoms with Crippen molar-refractivity contribution in [2.24, 2.45) is 0 Å². The summed E-state index contributed by atoms with van der Waals surface area (Å²) in [6.07, 6.45) is 1.06. The van der Waals surface area contributed by atoms with E-state index in [2.05, 4.69) is 33.0 Å². The Hall–Kier alpha value is -1.62. The summed E-state index contributed by atoms with van der Waals surface area (Å²) in [6, 6.07) is 10.1. The minimum absolute atomic E-state index is 0.0621. The predicted octanol–water partition coefficient (Wildman–Crippen LogP) is 3.37. The first kappa shape index (κ1) is 18.4. The topological polar surface area (TPSA) is 41.6 Å². The van der Waals surface area contributed by atoms with Gasteiger partial charge in [0.2, 0.25) is 5.91 Å². The van der Waals surface area contributed by atoms with Crippen molar-refractivity contribution in [3.63, 3.8) is 0 Å². The molecule has 1 amide bonds. The van der Waals surface area contributed by atoms with E-state index in [1.165, 1.54) is 0 Å². The van der Waals surface area contributed by atoms with Crippen LogP contribution in [0.3, 0.4) is 0 Å². The molecule has 0 spiro atoms. The molecule has 0 saturated carbocycles. The Morgan fingerprint density at radius 2 is 1.77 bits per heavy atom. The maximum absolute atomic E-state index is 11.9. The summed E-state index contributed by atoms with van der Waals surface area (Å²) in [7, 11) is 0. The van der Waals surface area contributed by atoms with Gasteiger partial charge in [0.25, 0.3) is 0 Å². The molecule has 1 aromatic rings. The van der Waals surface area contributed by atoms with Crippen molar-refractivity contribution in [3.8, 4) is 5.75 Å². The summed E-state index contributed by atoms with van der Waals surface area (Å²) in [5.74, 6) is 0.761. The maximum Gasteiger partial charge on any atom is 0.226 e. The Labute approximate surface area is 138 Å². The maximum atomic E-state index is 11.9. The van der Waals surface area contributed by atoms with Crippen LogP contribution < -0.4 is 10.1 Å². The van der Waals surface area contributed by atoms with E-state index in [1.807, 2.05) is 35.2 Å². The Morgan fingerprint density at radius 3 is 2.32 bits per heavy atom. The normalized spacial score (nSPS) is 10.6. The number of carbonyl (C=O) groups excluding carboxylic acids is 1. The van der Waals surface area contributed by atoms with E-state index in [4.69, 9.17) is 17.0 Å². The molecular formula is C17H26N2O2S. The molecule has 1 rings (SSSR count). The molecule has 0 aromatic heterocycles. The van der Waals surface area contributed by atoms with Crippen LogP contribution in [0.2, 0.25) is 0 Å². The molecule has 1 aromatic carbocycles. The lowest BCUT2D eigenvalue weighted by atomic mass is 10.2. The van der Waals surface area contributed by atoms with E-state index in [1.54, 1.807) is 0 Å². The average Bonchev–Trinajstić information content (AvgIpc) is 2.43. The Kier molecular flexibility index (Phi) is 7.88. The molecule has 5 heteroatoms. The van der Waals surface area contributed by atoms with Gasteiger partial charge in [0, 0.05) is 18.5 Å². The monoisotopic (exact) mass is 322 g/mol. The lowest BCUT2D eigenvalue weighted by Crippen LogP contribution is -2.49. The van der Waals surface area contributed by atoms with Crippen molar-refractivity contribution in [3.05, 3.63) is 30.3 Å². The minimum Gasteiger partial charge on any atom is -0.494 e. The zero-order chi connectivity index (χ0) is 16.5. The number of para-hydroxylation sites is 1. The Bertz CT molecular complexity index is 467. The molecule has 122 valence electrons. The van der Waals surface area contributed by atoms with Crippen LogP contribution in [0.15, 0.2) is 30.3 Å². The molecule has 0 aliphatic rings. The van der Waals surface area contributed by atoms with Crippen molar-refractivity contribution in [2.75, 3.05) is 6.61 Å². The fraction of sp³-hybridized carbons (Fsp3) is 0.529. The number of thiocarbonyl (C=S) groups is 1. The van der Waals surface area contributed by atoms with Crippen LogP contribution in [-0.4, -0.2) is 34.6 Å². The van der Waals surface area contributed by atoms with Gasteiger partial charge in [-0.15, -0.1) is 0 Å². The van der Waals surface area contributed by atoms with E-state index in [0.29, 0.717) is 24.6 Å². The molecule has 0 aliphatic carbocycles. The van der Waals surface area contributed by atoms with Gasteiger partial charge in [-0.05, 0) is 58.5 Å². The standard InChI is InChI=1S/C17H26N2O2S/c1-13(2)19(14(3)4)17(22)18-16(20)11-8-12-21-15-9-6-5-7-10-15/h5-7,9-10,13-14H,8,11-12H2,1-4H3,(H,18,20,22). The van der Waals surface area contributed by atoms with Gasteiger partial charge in [-0.2, -0.15) is 0 Å². The van der Waals surface area contributed by atoms with Gasteiger partial charge in [-0.3, -0.25) is 4.79 Å². The molecule has 1 N–H and O–H groups in total. The highest BCUT2D eigenvalue weighted by molar-refractivity contribution is 7.80. The summed E-state index contributed by atoms with van der Waals surface area (Å²) in [5.41, 5.74) is 0. The molecule has 0 unspecified atom stereocenters. The number of benzene rings is 1. The van der Waals surface area contributed by atoms with Gasteiger partial charge in [-0.1, -0.05) is 18.2 Å². The number of amides is 1. The molecule has 0 bridgehead atoms. The molecule has 0 fully saturated rings. The van der Waals surface area contributed by atoms with E-state index in [-0.39, 0.29) is 18.0 Å². The van der Waals surface area contributed by atoms with Crippen LogP contribution in [0.25, 0.3) is 0 Å². The fourth-order valence-electron chi connectivity index (χ4n) is 2.25. The number of rotatable bonds is 7. The van der Waals surface area contributed by atoms with E-state index >= 15 is 0 Å². The van der Waals surface area contributed by atoms with Crippen LogP contribution in [0.5, 0.6) is 5.75 Å². The van der Waals surface area contributed by atoms with Gasteiger partial charge in [0.05, 0.1) is 6.61 Å². The second-order valence-corrected chi connectivity index (χ2v) is 6.10. The zero-order valence-corrected chi connectivity index (χ0v) is 14.7. The first-order valence-corrected chi connectivity index (χ1v) is 8.12. The summed E-state index contributed by atoms with van der Waals surface area (Å²) in [4.78, 5) is 14.0. The highest BCUT2D eigenvalue weighted by atomic mass is 32.1. The van der Waals surface area contributed by atoms with Crippen molar-refractivity contribution in [1.82, 2.24) is 10.2 Å². The van der Waals surface area contributed by atoms with E-state index in [9.17, 15) is 4.79 Å². The number of nitrogens with zero attached hydrogens (tertiary/aromatic N) is 1. The van der Waals surface area contributed by atoms with E-state index in [0.717, 1.165) is 5.75 Å². The van der Waals surface area contributed by atoms with Crippen LogP contribution in [0, 0.1) is 0 Å². The second-order valence-electron chi connectivity index (χ2n) is 5.71. The molecule has 4 nitrogen and oxygen atoms in total. The first-order valence-electron chi connectivity index (χ1n) is 7.71. The van der Waals surface area contributed by atoms with Gasteiger partial charge in [0.1, 0.15) is 5.75 Å². The van der Waals surface area contributed by atoms with Gasteiger partial charge >= 0.3 is 0 Å². The zero-order valence-electron chi connectivity index (χ0n) is 13.8. The summed E-state index contributed by atoms with van der Waals surface area (Å²) >= 11 is 5.32. The number of ether oxygens (including phenoxy) is 1. The third-order valence-electron chi connectivity index (χ3n) is 3.15. The van der Waals surface area contributed by atoms with Gasteiger partial charge in [-0.25, -0.2) is 0 Å². The molecule has 0 aliphatic heterocycles. The Morgan fingerprint density at radius 1 is 1.18 bits per heavy atom. The van der Waals surface area contributed by atoms with Crippen LogP contribution in [0.1, 0.15) is 40.5 Å². The Balaban J connectivity index is 2.29. The lowest BCUT2D eigenvalue weighted by Gasteiger charge is -2.33. The highest BCUT2D eigenvalue weighted by Gasteiger charge is 2.18. The number of nitrogens with one attached hydrogen (secondary N) is 1. The lowest BCUT2D eigenvalue weighted by molar-refractivity contribution is -0.120. The largest absolute Gasteiger partial charge is 0.494 e. The first-order chi connectivity index (χ1) is 10.4. The SMILES string of the molecule is CC(C)N(C(=S)NC(=O)CCCOc1ccccc1)C(C)C. The average molecular weight is 322 g/mol. The van der Waals surface area contributed by atoms with E-state index < -0.39 is 0 Å². The van der Waals surface area contributed by atoms with Gasteiger partial charge in [0.15, 0.2) is 5.11 Å². The number of hydrogen-bond donors (Lipinski definition) is 1. The van der Waals surface area contributed by atoms with Crippen molar-refractivity contribution in [2.45, 2.75) is 52.6 Å².